The molecule has 0 radical (unpaired) electrons. The first-order chi connectivity index (χ1) is 8.10. The molecule has 86 valence electrons. The van der Waals surface area contributed by atoms with Crippen molar-refractivity contribution in [2.75, 3.05) is 0 Å². The number of nitriles is 1. The lowest BCUT2D eigenvalue weighted by Gasteiger charge is -2.00. The fraction of sp³-hybridized carbons (Fsp3) is 0.167. The van der Waals surface area contributed by atoms with Gasteiger partial charge in [-0.15, -0.1) is 0 Å². The van der Waals surface area contributed by atoms with Gasteiger partial charge in [0.25, 0.3) is 5.22 Å². The highest BCUT2D eigenvalue weighted by molar-refractivity contribution is 7.99. The largest absolute Gasteiger partial charge is 0.436 e. The molecular formula is C12H9ClN2OS. The van der Waals surface area contributed by atoms with Crippen LogP contribution in [0.15, 0.2) is 32.7 Å². The molecule has 17 heavy (non-hydrogen) atoms. The van der Waals surface area contributed by atoms with E-state index in [0.717, 1.165) is 16.3 Å². The first-order valence-corrected chi connectivity index (χ1v) is 6.11. The predicted molar refractivity (Wildman–Crippen MR) is 66.3 cm³/mol. The summed E-state index contributed by atoms with van der Waals surface area (Å²) in [5, 5.41) is 9.83. The van der Waals surface area contributed by atoms with E-state index in [1.165, 1.54) is 11.8 Å². The summed E-state index contributed by atoms with van der Waals surface area (Å²) in [4.78, 5) is 5.09. The minimum absolute atomic E-state index is 0.530. The number of hydrogen-bond acceptors (Lipinski definition) is 4. The molecule has 1 aromatic carbocycles. The van der Waals surface area contributed by atoms with Gasteiger partial charge < -0.3 is 4.42 Å². The lowest BCUT2D eigenvalue weighted by molar-refractivity contribution is 0.431. The molecule has 0 unspecified atom stereocenters. The molecule has 5 heteroatoms. The number of aryl methyl sites for hydroxylation is 2. The zero-order chi connectivity index (χ0) is 12.4. The minimum atomic E-state index is 0.530. The topological polar surface area (TPSA) is 49.8 Å². The first kappa shape index (κ1) is 12.0. The standard InChI is InChI=1S/C12H9ClN2OS/c1-7-8(2)16-12(15-7)17-11-4-3-9(6-14)5-10(11)13/h3-5H,1-2H3. The third-order valence-corrected chi connectivity index (χ3v) is 3.62. The van der Waals surface area contributed by atoms with Crippen molar-refractivity contribution in [2.45, 2.75) is 24.0 Å². The molecule has 0 bridgehead atoms. The van der Waals surface area contributed by atoms with Crippen LogP contribution in [-0.4, -0.2) is 4.98 Å². The van der Waals surface area contributed by atoms with Crippen molar-refractivity contribution in [3.8, 4) is 6.07 Å². The van der Waals surface area contributed by atoms with Crippen molar-refractivity contribution in [1.29, 1.82) is 5.26 Å². The van der Waals surface area contributed by atoms with E-state index in [9.17, 15) is 0 Å². The van der Waals surface area contributed by atoms with Crippen LogP contribution in [0.1, 0.15) is 17.0 Å². The predicted octanol–water partition coefficient (Wildman–Crippen LogP) is 3.97. The fourth-order valence-corrected chi connectivity index (χ4v) is 2.36. The molecule has 1 heterocycles. The molecule has 0 saturated heterocycles. The molecule has 2 rings (SSSR count). The molecule has 0 aliphatic heterocycles. The highest BCUT2D eigenvalue weighted by Crippen LogP contribution is 2.33. The smallest absolute Gasteiger partial charge is 0.261 e. The van der Waals surface area contributed by atoms with Crippen LogP contribution in [0.3, 0.4) is 0 Å². The van der Waals surface area contributed by atoms with Crippen molar-refractivity contribution >= 4 is 23.4 Å². The molecule has 0 aliphatic carbocycles. The van der Waals surface area contributed by atoms with Gasteiger partial charge in [-0.2, -0.15) is 5.26 Å². The summed E-state index contributed by atoms with van der Waals surface area (Å²) in [6.45, 7) is 3.76. The van der Waals surface area contributed by atoms with Crippen LogP contribution in [0.5, 0.6) is 0 Å². The van der Waals surface area contributed by atoms with Crippen LogP contribution >= 0.6 is 23.4 Å². The van der Waals surface area contributed by atoms with Crippen LogP contribution in [0.2, 0.25) is 5.02 Å². The Labute approximate surface area is 108 Å². The molecule has 0 saturated carbocycles. The Morgan fingerprint density at radius 2 is 2.18 bits per heavy atom. The van der Waals surface area contributed by atoms with Gasteiger partial charge in [-0.1, -0.05) is 11.6 Å². The number of rotatable bonds is 2. The van der Waals surface area contributed by atoms with Gasteiger partial charge in [-0.3, -0.25) is 0 Å². The van der Waals surface area contributed by atoms with E-state index in [1.807, 2.05) is 19.9 Å². The van der Waals surface area contributed by atoms with Crippen LogP contribution in [0.25, 0.3) is 0 Å². The average Bonchev–Trinajstić information content (AvgIpc) is 2.61. The minimum Gasteiger partial charge on any atom is -0.436 e. The molecule has 0 atom stereocenters. The summed E-state index contributed by atoms with van der Waals surface area (Å²) in [6.07, 6.45) is 0. The number of hydrogen-bond donors (Lipinski definition) is 0. The number of nitrogens with zero attached hydrogens (tertiary/aromatic N) is 2. The molecule has 0 aliphatic rings. The summed E-state index contributed by atoms with van der Waals surface area (Å²) in [6, 6.07) is 7.18. The maximum atomic E-state index is 8.74. The van der Waals surface area contributed by atoms with Gasteiger partial charge in [0.15, 0.2) is 0 Å². The molecule has 0 fully saturated rings. The monoisotopic (exact) mass is 264 g/mol. The SMILES string of the molecule is Cc1nc(Sc2ccc(C#N)cc2Cl)oc1C. The summed E-state index contributed by atoms with van der Waals surface area (Å²) in [5.41, 5.74) is 1.41. The Kier molecular flexibility index (Phi) is 3.41. The van der Waals surface area contributed by atoms with Crippen molar-refractivity contribution in [3.05, 3.63) is 40.2 Å². The summed E-state index contributed by atoms with van der Waals surface area (Å²) < 4.78 is 5.46. The third-order valence-electron chi connectivity index (χ3n) is 2.27. The third kappa shape index (κ3) is 2.63. The van der Waals surface area contributed by atoms with Crippen molar-refractivity contribution < 1.29 is 4.42 Å². The molecule has 3 nitrogen and oxygen atoms in total. The lowest BCUT2D eigenvalue weighted by atomic mass is 10.2. The van der Waals surface area contributed by atoms with E-state index in [2.05, 4.69) is 4.98 Å². The number of benzene rings is 1. The Balaban J connectivity index is 2.28. The van der Waals surface area contributed by atoms with Crippen LogP contribution in [0.4, 0.5) is 0 Å². The molecule has 0 amide bonds. The van der Waals surface area contributed by atoms with E-state index in [4.69, 9.17) is 21.3 Å². The first-order valence-electron chi connectivity index (χ1n) is 4.91. The Morgan fingerprint density at radius 1 is 1.41 bits per heavy atom. The van der Waals surface area contributed by atoms with Crippen molar-refractivity contribution in [3.63, 3.8) is 0 Å². The lowest BCUT2D eigenvalue weighted by Crippen LogP contribution is -1.79. The molecule has 1 aromatic heterocycles. The van der Waals surface area contributed by atoms with E-state index in [1.54, 1.807) is 18.2 Å². The molecular weight excluding hydrogens is 256 g/mol. The highest BCUT2D eigenvalue weighted by Gasteiger charge is 2.10. The second-order valence-corrected chi connectivity index (χ2v) is 4.88. The van der Waals surface area contributed by atoms with E-state index >= 15 is 0 Å². The molecule has 0 spiro atoms. The molecule has 0 N–H and O–H groups in total. The Bertz CT molecular complexity index is 582. The van der Waals surface area contributed by atoms with Gasteiger partial charge in [-0.05, 0) is 43.8 Å². The Morgan fingerprint density at radius 3 is 2.71 bits per heavy atom. The van der Waals surface area contributed by atoms with E-state index in [-0.39, 0.29) is 0 Å². The van der Waals surface area contributed by atoms with Gasteiger partial charge in [0.05, 0.1) is 22.3 Å². The maximum Gasteiger partial charge on any atom is 0.261 e. The Hall–Kier alpha value is -1.44. The normalized spacial score (nSPS) is 10.2. The summed E-state index contributed by atoms with van der Waals surface area (Å²) >= 11 is 7.41. The number of halogens is 1. The van der Waals surface area contributed by atoms with E-state index in [0.29, 0.717) is 15.8 Å². The second kappa shape index (κ2) is 4.82. The van der Waals surface area contributed by atoms with Crippen molar-refractivity contribution in [2.24, 2.45) is 0 Å². The quantitative estimate of drug-likeness (QED) is 0.824. The van der Waals surface area contributed by atoms with Gasteiger partial charge in [0.2, 0.25) is 0 Å². The van der Waals surface area contributed by atoms with Crippen LogP contribution in [-0.2, 0) is 0 Å². The van der Waals surface area contributed by atoms with Gasteiger partial charge in [0, 0.05) is 4.90 Å². The number of oxazole rings is 1. The van der Waals surface area contributed by atoms with E-state index < -0.39 is 0 Å². The van der Waals surface area contributed by atoms with Gasteiger partial charge in [-0.25, -0.2) is 4.98 Å². The van der Waals surface area contributed by atoms with Gasteiger partial charge in [0.1, 0.15) is 5.76 Å². The van der Waals surface area contributed by atoms with Crippen LogP contribution < -0.4 is 0 Å². The second-order valence-electron chi connectivity index (χ2n) is 3.48. The van der Waals surface area contributed by atoms with Crippen molar-refractivity contribution in [1.82, 2.24) is 4.98 Å². The summed E-state index contributed by atoms with van der Waals surface area (Å²) in [5.74, 6) is 0.803. The zero-order valence-electron chi connectivity index (χ0n) is 9.32. The van der Waals surface area contributed by atoms with Gasteiger partial charge >= 0.3 is 0 Å². The molecule has 2 aromatic rings. The fourth-order valence-electron chi connectivity index (χ4n) is 1.23. The zero-order valence-corrected chi connectivity index (χ0v) is 10.9. The summed E-state index contributed by atoms with van der Waals surface area (Å²) in [7, 11) is 0. The highest BCUT2D eigenvalue weighted by atomic mass is 35.5. The van der Waals surface area contributed by atoms with Crippen LogP contribution in [0, 0.1) is 25.2 Å². The number of aromatic nitrogens is 1. The average molecular weight is 265 g/mol. The maximum absolute atomic E-state index is 8.74.